The van der Waals surface area contributed by atoms with Gasteiger partial charge in [0.15, 0.2) is 0 Å². The molecule has 0 spiro atoms. The summed E-state index contributed by atoms with van der Waals surface area (Å²) in [5, 5.41) is 3.66. The maximum Gasteiger partial charge on any atom is 0.0543 e. The second-order valence-electron chi connectivity index (χ2n) is 4.95. The molecule has 0 bridgehead atoms. The van der Waals surface area contributed by atoms with Crippen LogP contribution in [0.1, 0.15) is 52.4 Å². The zero-order valence-electron chi connectivity index (χ0n) is 10.6. The zero-order chi connectivity index (χ0) is 11.1. The van der Waals surface area contributed by atoms with Gasteiger partial charge in [-0.15, -0.1) is 0 Å². The van der Waals surface area contributed by atoms with Crippen molar-refractivity contribution in [2.75, 3.05) is 13.7 Å². The standard InChI is InChI=1S/C13H27NO/c1-4-9-14-13(10-12-6-7-12)8-5-11(2)15-3/h11-14H,4-10H2,1-3H3. The minimum atomic E-state index is 0.412. The van der Waals surface area contributed by atoms with E-state index in [2.05, 4.69) is 19.2 Å². The van der Waals surface area contributed by atoms with E-state index in [1.165, 1.54) is 45.1 Å². The van der Waals surface area contributed by atoms with Crippen molar-refractivity contribution in [3.8, 4) is 0 Å². The molecule has 1 N–H and O–H groups in total. The predicted octanol–water partition coefficient (Wildman–Crippen LogP) is 2.97. The fourth-order valence-corrected chi connectivity index (χ4v) is 1.96. The van der Waals surface area contributed by atoms with Crippen LogP contribution in [0.2, 0.25) is 0 Å². The molecule has 15 heavy (non-hydrogen) atoms. The average molecular weight is 213 g/mol. The van der Waals surface area contributed by atoms with Gasteiger partial charge in [0, 0.05) is 13.2 Å². The van der Waals surface area contributed by atoms with Crippen molar-refractivity contribution in [3.05, 3.63) is 0 Å². The van der Waals surface area contributed by atoms with Crippen molar-refractivity contribution in [1.29, 1.82) is 0 Å². The highest BCUT2D eigenvalue weighted by Crippen LogP contribution is 2.34. The van der Waals surface area contributed by atoms with Gasteiger partial charge in [-0.05, 0) is 45.1 Å². The van der Waals surface area contributed by atoms with E-state index in [4.69, 9.17) is 4.74 Å². The van der Waals surface area contributed by atoms with Gasteiger partial charge in [0.2, 0.25) is 0 Å². The Kier molecular flexibility index (Phi) is 6.26. The Bertz CT molecular complexity index is 157. The molecular formula is C13H27NO. The number of hydrogen-bond acceptors (Lipinski definition) is 2. The van der Waals surface area contributed by atoms with Crippen LogP contribution in [0.3, 0.4) is 0 Å². The summed E-state index contributed by atoms with van der Waals surface area (Å²) in [4.78, 5) is 0. The van der Waals surface area contributed by atoms with E-state index >= 15 is 0 Å². The largest absolute Gasteiger partial charge is 0.382 e. The second-order valence-corrected chi connectivity index (χ2v) is 4.95. The van der Waals surface area contributed by atoms with Crippen LogP contribution in [0.15, 0.2) is 0 Å². The molecule has 0 aromatic rings. The Morgan fingerprint density at radius 3 is 2.60 bits per heavy atom. The highest BCUT2D eigenvalue weighted by molar-refractivity contribution is 4.80. The van der Waals surface area contributed by atoms with Gasteiger partial charge in [-0.2, -0.15) is 0 Å². The number of nitrogens with one attached hydrogen (secondary N) is 1. The molecule has 1 aliphatic rings. The van der Waals surface area contributed by atoms with Crippen LogP contribution < -0.4 is 5.32 Å². The van der Waals surface area contributed by atoms with E-state index in [1.807, 2.05) is 0 Å². The van der Waals surface area contributed by atoms with Gasteiger partial charge in [0.25, 0.3) is 0 Å². The normalized spacial score (nSPS) is 20.2. The van der Waals surface area contributed by atoms with Crippen LogP contribution in [0.25, 0.3) is 0 Å². The SMILES string of the molecule is CCCNC(CCC(C)OC)CC1CC1. The fraction of sp³-hybridized carbons (Fsp3) is 1.00. The Morgan fingerprint density at radius 2 is 2.07 bits per heavy atom. The van der Waals surface area contributed by atoms with Gasteiger partial charge in [-0.3, -0.25) is 0 Å². The lowest BCUT2D eigenvalue weighted by atomic mass is 10.0. The van der Waals surface area contributed by atoms with E-state index in [1.54, 1.807) is 7.11 Å². The summed E-state index contributed by atoms with van der Waals surface area (Å²) in [6, 6.07) is 0.732. The number of hydrogen-bond donors (Lipinski definition) is 1. The summed E-state index contributed by atoms with van der Waals surface area (Å²) in [6.45, 7) is 5.56. The van der Waals surface area contributed by atoms with Crippen LogP contribution in [0, 0.1) is 5.92 Å². The number of ether oxygens (including phenoxy) is 1. The topological polar surface area (TPSA) is 21.3 Å². The molecule has 1 saturated carbocycles. The van der Waals surface area contributed by atoms with E-state index in [0.717, 1.165) is 12.0 Å². The predicted molar refractivity (Wildman–Crippen MR) is 65.1 cm³/mol. The van der Waals surface area contributed by atoms with Crippen molar-refractivity contribution >= 4 is 0 Å². The second kappa shape index (κ2) is 7.24. The molecule has 1 fully saturated rings. The van der Waals surface area contributed by atoms with E-state index in [-0.39, 0.29) is 0 Å². The number of methoxy groups -OCH3 is 1. The van der Waals surface area contributed by atoms with Crippen LogP contribution in [0.4, 0.5) is 0 Å². The van der Waals surface area contributed by atoms with Crippen molar-refractivity contribution < 1.29 is 4.74 Å². The minimum absolute atomic E-state index is 0.412. The molecule has 0 radical (unpaired) electrons. The first-order valence-electron chi connectivity index (χ1n) is 6.52. The van der Waals surface area contributed by atoms with Gasteiger partial charge in [0.1, 0.15) is 0 Å². The molecule has 0 heterocycles. The maximum absolute atomic E-state index is 5.30. The quantitative estimate of drug-likeness (QED) is 0.636. The summed E-state index contributed by atoms with van der Waals surface area (Å²) < 4.78 is 5.30. The van der Waals surface area contributed by atoms with Crippen LogP contribution in [-0.4, -0.2) is 25.8 Å². The third-order valence-electron chi connectivity index (χ3n) is 3.32. The minimum Gasteiger partial charge on any atom is -0.382 e. The molecule has 1 rings (SSSR count). The lowest BCUT2D eigenvalue weighted by Gasteiger charge is -2.20. The third kappa shape index (κ3) is 6.16. The van der Waals surface area contributed by atoms with Crippen LogP contribution in [0.5, 0.6) is 0 Å². The van der Waals surface area contributed by atoms with Crippen molar-refractivity contribution in [1.82, 2.24) is 5.32 Å². The van der Waals surface area contributed by atoms with Gasteiger partial charge < -0.3 is 10.1 Å². The molecule has 0 saturated heterocycles. The molecule has 0 aromatic heterocycles. The summed E-state index contributed by atoms with van der Waals surface area (Å²) >= 11 is 0. The lowest BCUT2D eigenvalue weighted by Crippen LogP contribution is -2.31. The molecule has 0 amide bonds. The van der Waals surface area contributed by atoms with Crippen LogP contribution in [-0.2, 0) is 4.74 Å². The average Bonchev–Trinajstić information content (AvgIpc) is 3.05. The summed E-state index contributed by atoms with van der Waals surface area (Å²) in [5.74, 6) is 1.03. The lowest BCUT2D eigenvalue weighted by molar-refractivity contribution is 0.105. The molecule has 2 unspecified atom stereocenters. The molecule has 1 aliphatic carbocycles. The maximum atomic E-state index is 5.30. The van der Waals surface area contributed by atoms with Gasteiger partial charge in [-0.25, -0.2) is 0 Å². The van der Waals surface area contributed by atoms with E-state index in [9.17, 15) is 0 Å². The Balaban J connectivity index is 2.14. The molecular weight excluding hydrogens is 186 g/mol. The Hall–Kier alpha value is -0.0800. The summed E-state index contributed by atoms with van der Waals surface area (Å²) in [7, 11) is 1.81. The molecule has 0 aliphatic heterocycles. The summed E-state index contributed by atoms with van der Waals surface area (Å²) in [6.07, 6.45) is 8.41. The first-order valence-corrected chi connectivity index (χ1v) is 6.52. The molecule has 2 nitrogen and oxygen atoms in total. The monoisotopic (exact) mass is 213 g/mol. The Labute approximate surface area is 94.8 Å². The fourth-order valence-electron chi connectivity index (χ4n) is 1.96. The smallest absolute Gasteiger partial charge is 0.0543 e. The van der Waals surface area contributed by atoms with Crippen molar-refractivity contribution in [3.63, 3.8) is 0 Å². The van der Waals surface area contributed by atoms with Gasteiger partial charge >= 0.3 is 0 Å². The Morgan fingerprint density at radius 1 is 1.33 bits per heavy atom. The molecule has 2 atom stereocenters. The highest BCUT2D eigenvalue weighted by Gasteiger charge is 2.25. The number of rotatable bonds is 9. The first-order chi connectivity index (χ1) is 7.26. The van der Waals surface area contributed by atoms with Gasteiger partial charge in [0.05, 0.1) is 6.10 Å². The molecule has 90 valence electrons. The van der Waals surface area contributed by atoms with Crippen molar-refractivity contribution in [2.24, 2.45) is 5.92 Å². The highest BCUT2D eigenvalue weighted by atomic mass is 16.5. The van der Waals surface area contributed by atoms with E-state index in [0.29, 0.717) is 6.10 Å². The third-order valence-corrected chi connectivity index (χ3v) is 3.32. The zero-order valence-corrected chi connectivity index (χ0v) is 10.6. The first kappa shape index (κ1) is 13.0. The summed E-state index contributed by atoms with van der Waals surface area (Å²) in [5.41, 5.74) is 0. The van der Waals surface area contributed by atoms with Crippen molar-refractivity contribution in [2.45, 2.75) is 64.5 Å². The van der Waals surface area contributed by atoms with E-state index < -0.39 is 0 Å². The van der Waals surface area contributed by atoms with Gasteiger partial charge in [-0.1, -0.05) is 19.8 Å². The van der Waals surface area contributed by atoms with Crippen LogP contribution >= 0.6 is 0 Å². The molecule has 0 aromatic carbocycles. The molecule has 2 heteroatoms.